The normalized spacial score (nSPS) is 19.8. The first kappa shape index (κ1) is 17.5. The average Bonchev–Trinajstić information content (AvgIpc) is 3.15. The van der Waals surface area contributed by atoms with Gasteiger partial charge in [0.2, 0.25) is 0 Å². The van der Waals surface area contributed by atoms with Crippen molar-refractivity contribution in [3.63, 3.8) is 0 Å². The number of methoxy groups -OCH3 is 1. The Morgan fingerprint density at radius 1 is 1.32 bits per heavy atom. The Labute approximate surface area is 147 Å². The molecule has 1 aliphatic heterocycles. The van der Waals surface area contributed by atoms with Crippen LogP contribution in [0.25, 0.3) is 5.69 Å². The number of amides is 1. The van der Waals surface area contributed by atoms with Crippen molar-refractivity contribution >= 4 is 5.91 Å². The summed E-state index contributed by atoms with van der Waals surface area (Å²) < 4.78 is 7.26. The fourth-order valence-electron chi connectivity index (χ4n) is 3.37. The molecule has 134 valence electrons. The van der Waals surface area contributed by atoms with Crippen LogP contribution in [0.15, 0.2) is 30.3 Å². The van der Waals surface area contributed by atoms with Gasteiger partial charge in [-0.1, -0.05) is 0 Å². The largest absolute Gasteiger partial charge is 0.497 e. The highest BCUT2D eigenvalue weighted by molar-refractivity contribution is 5.95. The van der Waals surface area contributed by atoms with Gasteiger partial charge < -0.3 is 25.0 Å². The number of hydrogen-bond acceptors (Lipinski definition) is 4. The number of rotatable bonds is 5. The van der Waals surface area contributed by atoms with E-state index in [1.165, 1.54) is 0 Å². The van der Waals surface area contributed by atoms with Gasteiger partial charge in [-0.3, -0.25) is 4.79 Å². The zero-order chi connectivity index (χ0) is 18.0. The van der Waals surface area contributed by atoms with Crippen molar-refractivity contribution in [2.24, 2.45) is 5.92 Å². The van der Waals surface area contributed by atoms with Crippen molar-refractivity contribution in [3.05, 3.63) is 47.3 Å². The summed E-state index contributed by atoms with van der Waals surface area (Å²) in [5, 5.41) is 15.9. The van der Waals surface area contributed by atoms with Gasteiger partial charge >= 0.3 is 0 Å². The minimum atomic E-state index is -0.396. The Bertz CT molecular complexity index is 752. The number of aliphatic hydroxyl groups is 1. The van der Waals surface area contributed by atoms with Gasteiger partial charge in [0.05, 0.1) is 18.8 Å². The van der Waals surface area contributed by atoms with E-state index < -0.39 is 6.10 Å². The summed E-state index contributed by atoms with van der Waals surface area (Å²) in [5.41, 5.74) is 3.54. The predicted octanol–water partition coefficient (Wildman–Crippen LogP) is 1.41. The lowest BCUT2D eigenvalue weighted by Gasteiger charge is -2.14. The highest BCUT2D eigenvalue weighted by atomic mass is 16.5. The molecule has 1 aromatic heterocycles. The SMILES string of the molecule is COc1ccc(-n2c(C)cc(C(=O)NCC3CNCC3O)c2C)cc1. The summed E-state index contributed by atoms with van der Waals surface area (Å²) in [6.45, 7) is 5.72. The number of β-amino-alcohol motifs (C(OH)–C–C–N with tert-alkyl or cyclic N) is 1. The molecule has 0 spiro atoms. The van der Waals surface area contributed by atoms with Gasteiger partial charge in [-0.05, 0) is 44.2 Å². The molecule has 3 N–H and O–H groups in total. The molecular formula is C19H25N3O3. The summed E-state index contributed by atoms with van der Waals surface area (Å²) in [7, 11) is 1.64. The Kier molecular flexibility index (Phi) is 5.11. The first-order chi connectivity index (χ1) is 12.0. The Morgan fingerprint density at radius 3 is 2.64 bits per heavy atom. The van der Waals surface area contributed by atoms with E-state index in [-0.39, 0.29) is 11.8 Å². The molecule has 1 saturated heterocycles. The van der Waals surface area contributed by atoms with Crippen LogP contribution in [0.5, 0.6) is 5.75 Å². The standard InChI is InChI=1S/C19H25N3O3/c1-12-8-17(19(24)21-10-14-9-20-11-18(14)23)13(2)22(12)15-4-6-16(25-3)7-5-15/h4-8,14,18,20,23H,9-11H2,1-3H3,(H,21,24). The van der Waals surface area contributed by atoms with Crippen LogP contribution in [-0.2, 0) is 0 Å². The second-order valence-corrected chi connectivity index (χ2v) is 6.51. The van der Waals surface area contributed by atoms with E-state index in [1.807, 2.05) is 44.2 Å². The van der Waals surface area contributed by atoms with Gasteiger partial charge in [0, 0.05) is 42.6 Å². The number of carbonyl (C=O) groups is 1. The number of nitrogens with zero attached hydrogens (tertiary/aromatic N) is 1. The molecule has 2 heterocycles. The number of ether oxygens (including phenoxy) is 1. The number of carbonyl (C=O) groups excluding carboxylic acids is 1. The predicted molar refractivity (Wildman–Crippen MR) is 96.5 cm³/mol. The minimum absolute atomic E-state index is 0.0639. The van der Waals surface area contributed by atoms with Crippen LogP contribution in [0.3, 0.4) is 0 Å². The number of aryl methyl sites for hydroxylation is 1. The molecule has 25 heavy (non-hydrogen) atoms. The molecule has 1 fully saturated rings. The number of hydrogen-bond donors (Lipinski definition) is 3. The van der Waals surface area contributed by atoms with Gasteiger partial charge in [0.1, 0.15) is 5.75 Å². The zero-order valence-electron chi connectivity index (χ0n) is 14.9. The quantitative estimate of drug-likeness (QED) is 0.767. The van der Waals surface area contributed by atoms with E-state index in [4.69, 9.17) is 4.74 Å². The Hall–Kier alpha value is -2.31. The average molecular weight is 343 g/mol. The molecule has 0 aliphatic carbocycles. The summed E-state index contributed by atoms with van der Waals surface area (Å²) in [6, 6.07) is 9.66. The van der Waals surface area contributed by atoms with E-state index >= 15 is 0 Å². The van der Waals surface area contributed by atoms with Crippen LogP contribution in [0, 0.1) is 19.8 Å². The Morgan fingerprint density at radius 2 is 2.04 bits per heavy atom. The number of nitrogens with one attached hydrogen (secondary N) is 2. The first-order valence-corrected chi connectivity index (χ1v) is 8.51. The Balaban J connectivity index is 1.77. The zero-order valence-corrected chi connectivity index (χ0v) is 14.9. The smallest absolute Gasteiger partial charge is 0.253 e. The fourth-order valence-corrected chi connectivity index (χ4v) is 3.37. The van der Waals surface area contributed by atoms with E-state index in [9.17, 15) is 9.90 Å². The molecule has 6 nitrogen and oxygen atoms in total. The van der Waals surface area contributed by atoms with Gasteiger partial charge in [0.15, 0.2) is 0 Å². The van der Waals surface area contributed by atoms with Crippen molar-refractivity contribution < 1.29 is 14.6 Å². The van der Waals surface area contributed by atoms with E-state index in [0.717, 1.165) is 29.4 Å². The van der Waals surface area contributed by atoms with Gasteiger partial charge in [0.25, 0.3) is 5.91 Å². The molecule has 3 rings (SSSR count). The molecule has 0 saturated carbocycles. The third-order valence-corrected chi connectivity index (χ3v) is 4.84. The van der Waals surface area contributed by atoms with Crippen LogP contribution < -0.4 is 15.4 Å². The van der Waals surface area contributed by atoms with Gasteiger partial charge in [-0.25, -0.2) is 0 Å². The monoisotopic (exact) mass is 343 g/mol. The third kappa shape index (κ3) is 3.55. The first-order valence-electron chi connectivity index (χ1n) is 8.51. The second-order valence-electron chi connectivity index (χ2n) is 6.51. The summed E-state index contributed by atoms with van der Waals surface area (Å²) in [6.07, 6.45) is -0.396. The van der Waals surface area contributed by atoms with Crippen LogP contribution in [0.1, 0.15) is 21.7 Å². The molecule has 6 heteroatoms. The molecule has 2 unspecified atom stereocenters. The maximum atomic E-state index is 12.6. The highest BCUT2D eigenvalue weighted by Crippen LogP contribution is 2.23. The molecule has 1 aromatic carbocycles. The topological polar surface area (TPSA) is 75.5 Å². The van der Waals surface area contributed by atoms with E-state index in [0.29, 0.717) is 18.7 Å². The van der Waals surface area contributed by atoms with Crippen LogP contribution >= 0.6 is 0 Å². The van der Waals surface area contributed by atoms with Crippen molar-refractivity contribution in [2.75, 3.05) is 26.7 Å². The van der Waals surface area contributed by atoms with Crippen LogP contribution in [0.2, 0.25) is 0 Å². The van der Waals surface area contributed by atoms with Crippen LogP contribution in [0.4, 0.5) is 0 Å². The maximum absolute atomic E-state index is 12.6. The molecular weight excluding hydrogens is 318 g/mol. The molecule has 0 bridgehead atoms. The second kappa shape index (κ2) is 7.29. The maximum Gasteiger partial charge on any atom is 0.253 e. The van der Waals surface area contributed by atoms with Crippen molar-refractivity contribution in [3.8, 4) is 11.4 Å². The lowest BCUT2D eigenvalue weighted by molar-refractivity contribution is 0.0926. The van der Waals surface area contributed by atoms with Crippen molar-refractivity contribution in [1.29, 1.82) is 0 Å². The van der Waals surface area contributed by atoms with Crippen molar-refractivity contribution in [1.82, 2.24) is 15.2 Å². The molecule has 2 atom stereocenters. The summed E-state index contributed by atoms with van der Waals surface area (Å²) >= 11 is 0. The molecule has 1 amide bonds. The van der Waals surface area contributed by atoms with Crippen molar-refractivity contribution in [2.45, 2.75) is 20.0 Å². The third-order valence-electron chi connectivity index (χ3n) is 4.84. The number of aromatic nitrogens is 1. The fraction of sp³-hybridized carbons (Fsp3) is 0.421. The molecule has 0 radical (unpaired) electrons. The number of aliphatic hydroxyl groups excluding tert-OH is 1. The van der Waals surface area contributed by atoms with Crippen LogP contribution in [-0.4, -0.2) is 48.4 Å². The summed E-state index contributed by atoms with van der Waals surface area (Å²) in [4.78, 5) is 12.6. The van der Waals surface area contributed by atoms with Gasteiger partial charge in [-0.15, -0.1) is 0 Å². The molecule has 2 aromatic rings. The highest BCUT2D eigenvalue weighted by Gasteiger charge is 2.26. The van der Waals surface area contributed by atoms with E-state index in [2.05, 4.69) is 15.2 Å². The van der Waals surface area contributed by atoms with E-state index in [1.54, 1.807) is 7.11 Å². The molecule has 1 aliphatic rings. The summed E-state index contributed by atoms with van der Waals surface area (Å²) in [5.74, 6) is 0.758. The van der Waals surface area contributed by atoms with Gasteiger partial charge in [-0.2, -0.15) is 0 Å². The lowest BCUT2D eigenvalue weighted by Crippen LogP contribution is -2.34. The number of benzene rings is 1. The minimum Gasteiger partial charge on any atom is -0.497 e. The lowest BCUT2D eigenvalue weighted by atomic mass is 10.1.